The summed E-state index contributed by atoms with van der Waals surface area (Å²) in [7, 11) is -3.63. The zero-order valence-electron chi connectivity index (χ0n) is 11.9. The molecule has 0 unspecified atom stereocenters. The van der Waals surface area contributed by atoms with Crippen LogP contribution in [0.5, 0.6) is 0 Å². The van der Waals surface area contributed by atoms with E-state index in [2.05, 4.69) is 25.7 Å². The molecule has 0 atom stereocenters. The molecule has 0 aromatic heterocycles. The second-order valence-electron chi connectivity index (χ2n) is 6.06. The zero-order chi connectivity index (χ0) is 14.3. The Morgan fingerprint density at radius 3 is 2.16 bits per heavy atom. The number of hydrogen-bond donors (Lipinski definition) is 0. The van der Waals surface area contributed by atoms with Crippen LogP contribution in [0.1, 0.15) is 26.3 Å². The first-order valence-corrected chi connectivity index (χ1v) is 7.84. The first-order chi connectivity index (χ1) is 8.68. The molecule has 1 aliphatic rings. The van der Waals surface area contributed by atoms with Crippen LogP contribution in [0.4, 0.5) is 0 Å². The van der Waals surface area contributed by atoms with Crippen molar-refractivity contribution in [2.75, 3.05) is 13.1 Å². The fourth-order valence-corrected chi connectivity index (χ4v) is 3.05. The van der Waals surface area contributed by atoms with Gasteiger partial charge in [-0.2, -0.15) is 8.42 Å². The van der Waals surface area contributed by atoms with Crippen LogP contribution >= 0.6 is 0 Å². The van der Waals surface area contributed by atoms with E-state index in [9.17, 15) is 8.42 Å². The third-order valence-electron chi connectivity index (χ3n) is 3.37. The topological polar surface area (TPSA) is 46.6 Å². The summed E-state index contributed by atoms with van der Waals surface area (Å²) < 4.78 is 29.4. The van der Waals surface area contributed by atoms with Crippen molar-refractivity contribution >= 4 is 10.1 Å². The standard InChI is InChI=1S/C14H21NO3S/c1-11-5-7-13(8-6-11)19(16,17)18-12-9-15(10-12)14(2,3)4/h5-8,12H,9-10H2,1-4H3. The quantitative estimate of drug-likeness (QED) is 0.798. The third kappa shape index (κ3) is 3.35. The molecular weight excluding hydrogens is 262 g/mol. The van der Waals surface area contributed by atoms with Gasteiger partial charge in [-0.1, -0.05) is 17.7 Å². The van der Waals surface area contributed by atoms with E-state index in [0.717, 1.165) is 5.56 Å². The molecule has 1 aliphatic heterocycles. The Bertz CT molecular complexity index is 537. The fourth-order valence-electron chi connectivity index (χ4n) is 1.99. The number of nitrogens with zero attached hydrogens (tertiary/aromatic N) is 1. The summed E-state index contributed by atoms with van der Waals surface area (Å²) in [6, 6.07) is 6.73. The van der Waals surface area contributed by atoms with Crippen molar-refractivity contribution in [3.8, 4) is 0 Å². The highest BCUT2D eigenvalue weighted by Gasteiger charge is 2.37. The van der Waals surface area contributed by atoms with E-state index in [0.29, 0.717) is 13.1 Å². The van der Waals surface area contributed by atoms with Gasteiger partial charge >= 0.3 is 0 Å². The van der Waals surface area contributed by atoms with Gasteiger partial charge in [0.05, 0.1) is 4.90 Å². The highest BCUT2D eigenvalue weighted by Crippen LogP contribution is 2.25. The maximum atomic E-state index is 12.1. The van der Waals surface area contributed by atoms with Gasteiger partial charge in [0.1, 0.15) is 6.10 Å². The Hall–Kier alpha value is -0.910. The molecule has 1 aromatic carbocycles. The fraction of sp³-hybridized carbons (Fsp3) is 0.571. The lowest BCUT2D eigenvalue weighted by molar-refractivity contribution is -0.0320. The van der Waals surface area contributed by atoms with Crippen molar-refractivity contribution < 1.29 is 12.6 Å². The van der Waals surface area contributed by atoms with E-state index in [4.69, 9.17) is 4.18 Å². The maximum Gasteiger partial charge on any atom is 0.297 e. The average molecular weight is 283 g/mol. The van der Waals surface area contributed by atoms with Crippen LogP contribution in [0.15, 0.2) is 29.2 Å². The molecule has 0 bridgehead atoms. The molecule has 0 N–H and O–H groups in total. The average Bonchev–Trinajstić information content (AvgIpc) is 2.22. The van der Waals surface area contributed by atoms with Crippen LogP contribution in [0.2, 0.25) is 0 Å². The van der Waals surface area contributed by atoms with E-state index in [1.54, 1.807) is 24.3 Å². The Morgan fingerprint density at radius 1 is 1.16 bits per heavy atom. The lowest BCUT2D eigenvalue weighted by atomic mass is 9.99. The largest absolute Gasteiger partial charge is 0.297 e. The van der Waals surface area contributed by atoms with E-state index in [-0.39, 0.29) is 16.5 Å². The van der Waals surface area contributed by atoms with E-state index >= 15 is 0 Å². The van der Waals surface area contributed by atoms with Crippen molar-refractivity contribution in [1.82, 2.24) is 4.90 Å². The van der Waals surface area contributed by atoms with Crippen LogP contribution < -0.4 is 0 Å². The van der Waals surface area contributed by atoms with Crippen LogP contribution in [-0.4, -0.2) is 38.1 Å². The van der Waals surface area contributed by atoms with E-state index in [1.807, 2.05) is 6.92 Å². The van der Waals surface area contributed by atoms with E-state index < -0.39 is 10.1 Å². The van der Waals surface area contributed by atoms with Gasteiger partial charge in [0, 0.05) is 18.6 Å². The second-order valence-corrected chi connectivity index (χ2v) is 7.63. The SMILES string of the molecule is Cc1ccc(S(=O)(=O)OC2CN(C(C)(C)C)C2)cc1. The Morgan fingerprint density at radius 2 is 1.68 bits per heavy atom. The molecule has 2 rings (SSSR count). The summed E-state index contributed by atoms with van der Waals surface area (Å²) in [6.07, 6.45) is -0.231. The van der Waals surface area contributed by atoms with Crippen LogP contribution in [0.25, 0.3) is 0 Å². The highest BCUT2D eigenvalue weighted by atomic mass is 32.2. The molecule has 0 spiro atoms. The molecule has 0 aliphatic carbocycles. The minimum atomic E-state index is -3.63. The molecule has 1 aromatic rings. The normalized spacial score (nSPS) is 18.3. The lowest BCUT2D eigenvalue weighted by Gasteiger charge is -2.46. The van der Waals surface area contributed by atoms with Gasteiger partial charge in [-0.15, -0.1) is 0 Å². The minimum Gasteiger partial charge on any atom is -0.293 e. The highest BCUT2D eigenvalue weighted by molar-refractivity contribution is 7.86. The number of likely N-dealkylation sites (tertiary alicyclic amines) is 1. The Kier molecular flexibility index (Phi) is 3.73. The second kappa shape index (κ2) is 4.89. The molecule has 1 fully saturated rings. The van der Waals surface area contributed by atoms with Crippen LogP contribution in [0.3, 0.4) is 0 Å². The van der Waals surface area contributed by atoms with Gasteiger partial charge < -0.3 is 0 Å². The summed E-state index contributed by atoms with van der Waals surface area (Å²) in [4.78, 5) is 2.43. The van der Waals surface area contributed by atoms with E-state index in [1.165, 1.54) is 0 Å². The maximum absolute atomic E-state index is 12.1. The number of hydrogen-bond acceptors (Lipinski definition) is 4. The number of benzene rings is 1. The van der Waals surface area contributed by atoms with Crippen molar-refractivity contribution in [2.45, 2.75) is 44.2 Å². The molecule has 1 heterocycles. The van der Waals surface area contributed by atoms with Gasteiger partial charge in [0.15, 0.2) is 0 Å². The molecule has 0 saturated carbocycles. The van der Waals surface area contributed by atoms with Crippen molar-refractivity contribution in [3.63, 3.8) is 0 Å². The Labute approximate surface area is 115 Å². The molecule has 0 radical (unpaired) electrons. The molecular formula is C14H21NO3S. The van der Waals surface area contributed by atoms with Crippen LogP contribution in [0, 0.1) is 6.92 Å². The van der Waals surface area contributed by atoms with Gasteiger partial charge in [-0.3, -0.25) is 9.08 Å². The summed E-state index contributed by atoms with van der Waals surface area (Å²) in [5.74, 6) is 0. The van der Waals surface area contributed by atoms with Gasteiger partial charge in [0.2, 0.25) is 0 Å². The molecule has 1 saturated heterocycles. The van der Waals surface area contributed by atoms with Crippen molar-refractivity contribution in [2.24, 2.45) is 0 Å². The molecule has 0 amide bonds. The smallest absolute Gasteiger partial charge is 0.293 e. The molecule has 4 nitrogen and oxygen atoms in total. The first kappa shape index (κ1) is 14.5. The van der Waals surface area contributed by atoms with Gasteiger partial charge in [0.25, 0.3) is 10.1 Å². The third-order valence-corrected chi connectivity index (χ3v) is 4.74. The predicted molar refractivity (Wildman–Crippen MR) is 74.6 cm³/mol. The number of rotatable bonds is 3. The molecule has 5 heteroatoms. The number of aryl methyl sites for hydroxylation is 1. The zero-order valence-corrected chi connectivity index (χ0v) is 12.7. The first-order valence-electron chi connectivity index (χ1n) is 6.43. The van der Waals surface area contributed by atoms with Crippen LogP contribution in [-0.2, 0) is 14.3 Å². The molecule has 106 valence electrons. The summed E-state index contributed by atoms with van der Waals surface area (Å²) in [6.45, 7) is 9.57. The van der Waals surface area contributed by atoms with Crippen molar-refractivity contribution in [1.29, 1.82) is 0 Å². The van der Waals surface area contributed by atoms with Crippen molar-refractivity contribution in [3.05, 3.63) is 29.8 Å². The van der Waals surface area contributed by atoms with Gasteiger partial charge in [-0.05, 0) is 39.8 Å². The Balaban J connectivity index is 1.99. The molecule has 19 heavy (non-hydrogen) atoms. The summed E-state index contributed by atoms with van der Waals surface area (Å²) in [5.41, 5.74) is 1.09. The lowest BCUT2D eigenvalue weighted by Crippen LogP contribution is -2.60. The summed E-state index contributed by atoms with van der Waals surface area (Å²) >= 11 is 0. The summed E-state index contributed by atoms with van der Waals surface area (Å²) in [5, 5.41) is 0. The monoisotopic (exact) mass is 283 g/mol. The van der Waals surface area contributed by atoms with Gasteiger partial charge in [-0.25, -0.2) is 0 Å². The predicted octanol–water partition coefficient (Wildman–Crippen LogP) is 2.18. The minimum absolute atomic E-state index is 0.0630.